The van der Waals surface area contributed by atoms with Gasteiger partial charge in [0, 0.05) is 44.5 Å². The minimum atomic E-state index is 0.241. The number of aryl methyl sites for hydroxylation is 1. The lowest BCUT2D eigenvalue weighted by Crippen LogP contribution is -2.39. The Hall–Kier alpha value is -1.46. The Morgan fingerprint density at radius 1 is 1.32 bits per heavy atom. The molecule has 1 aromatic rings. The average Bonchev–Trinajstić information content (AvgIpc) is 3.08. The van der Waals surface area contributed by atoms with Crippen molar-refractivity contribution in [3.8, 4) is 0 Å². The van der Waals surface area contributed by atoms with E-state index in [-0.39, 0.29) is 5.91 Å². The molecule has 0 unspecified atom stereocenters. The third-order valence-electron chi connectivity index (χ3n) is 4.84. The van der Waals surface area contributed by atoms with E-state index < -0.39 is 0 Å². The van der Waals surface area contributed by atoms with E-state index in [0.717, 1.165) is 43.9 Å². The molecule has 2 saturated heterocycles. The van der Waals surface area contributed by atoms with E-state index in [9.17, 15) is 4.79 Å². The van der Waals surface area contributed by atoms with E-state index in [0.29, 0.717) is 25.1 Å². The second-order valence-electron chi connectivity index (χ2n) is 6.28. The normalized spacial score (nSPS) is 24.7. The molecule has 3 heterocycles. The topological polar surface area (TPSA) is 45.7 Å². The Bertz CT molecular complexity index is 534. The van der Waals surface area contributed by atoms with Crippen LogP contribution in [0.1, 0.15) is 30.7 Å². The molecule has 2 fully saturated rings. The molecule has 0 saturated carbocycles. The number of hydrogen-bond donors (Lipinski definition) is 0. The summed E-state index contributed by atoms with van der Waals surface area (Å²) < 4.78 is 5.03. The summed E-state index contributed by atoms with van der Waals surface area (Å²) in [5.41, 5.74) is 2.20. The Labute approximate surface area is 132 Å². The lowest BCUT2D eigenvalue weighted by atomic mass is 10.1. The zero-order chi connectivity index (χ0) is 15.5. The van der Waals surface area contributed by atoms with Crippen molar-refractivity contribution in [1.29, 1.82) is 0 Å². The quantitative estimate of drug-likeness (QED) is 0.829. The Kier molecular flexibility index (Phi) is 4.74. The van der Waals surface area contributed by atoms with Crippen LogP contribution in [0.15, 0.2) is 18.2 Å². The zero-order valence-corrected chi connectivity index (χ0v) is 13.5. The van der Waals surface area contributed by atoms with Gasteiger partial charge in [0.2, 0.25) is 5.91 Å². The van der Waals surface area contributed by atoms with Gasteiger partial charge in [-0.3, -0.25) is 14.7 Å². The highest BCUT2D eigenvalue weighted by molar-refractivity contribution is 5.77. The molecule has 2 aliphatic rings. The minimum Gasteiger partial charge on any atom is -0.384 e. The summed E-state index contributed by atoms with van der Waals surface area (Å²) in [6.45, 7) is 5.38. The Balaban J connectivity index is 1.61. The summed E-state index contributed by atoms with van der Waals surface area (Å²) in [5, 5.41) is 0. The van der Waals surface area contributed by atoms with Crippen molar-refractivity contribution in [3.63, 3.8) is 0 Å². The van der Waals surface area contributed by atoms with Gasteiger partial charge in [-0.15, -0.1) is 0 Å². The molecule has 1 amide bonds. The highest BCUT2D eigenvalue weighted by Gasteiger charge is 2.43. The van der Waals surface area contributed by atoms with Gasteiger partial charge in [-0.2, -0.15) is 0 Å². The fraction of sp³-hybridized carbons (Fsp3) is 0.647. The number of aromatic nitrogens is 1. The molecule has 0 N–H and O–H groups in total. The third kappa shape index (κ3) is 3.15. The lowest BCUT2D eigenvalue weighted by molar-refractivity contribution is -0.132. The number of nitrogens with zero attached hydrogens (tertiary/aromatic N) is 3. The van der Waals surface area contributed by atoms with E-state index in [1.54, 1.807) is 7.11 Å². The average molecular weight is 303 g/mol. The summed E-state index contributed by atoms with van der Waals surface area (Å²) >= 11 is 0. The number of fused-ring (bicyclic) bond motifs is 1. The number of rotatable bonds is 5. The molecular formula is C17H25N3O2. The van der Waals surface area contributed by atoms with Gasteiger partial charge in [0.25, 0.3) is 0 Å². The summed E-state index contributed by atoms with van der Waals surface area (Å²) in [5.74, 6) is 0.241. The van der Waals surface area contributed by atoms with Crippen LogP contribution in [0.5, 0.6) is 0 Å². The number of likely N-dealkylation sites (tertiary alicyclic amines) is 2. The maximum atomic E-state index is 12.3. The summed E-state index contributed by atoms with van der Waals surface area (Å²) in [7, 11) is 1.65. The number of amides is 1. The molecule has 2 aliphatic heterocycles. The van der Waals surface area contributed by atoms with Gasteiger partial charge >= 0.3 is 0 Å². The van der Waals surface area contributed by atoms with Crippen molar-refractivity contribution >= 4 is 5.91 Å². The second kappa shape index (κ2) is 6.75. The van der Waals surface area contributed by atoms with Crippen LogP contribution in [0.2, 0.25) is 0 Å². The van der Waals surface area contributed by atoms with Crippen molar-refractivity contribution < 1.29 is 9.53 Å². The molecule has 5 heteroatoms. The van der Waals surface area contributed by atoms with Gasteiger partial charge in [-0.25, -0.2) is 0 Å². The monoisotopic (exact) mass is 303 g/mol. The van der Waals surface area contributed by atoms with Gasteiger partial charge in [-0.05, 0) is 31.9 Å². The molecular weight excluding hydrogens is 278 g/mol. The molecule has 1 aromatic heterocycles. The molecule has 0 spiro atoms. The molecule has 22 heavy (non-hydrogen) atoms. The Morgan fingerprint density at radius 2 is 2.14 bits per heavy atom. The van der Waals surface area contributed by atoms with Crippen LogP contribution in [-0.2, 0) is 16.1 Å². The number of carbonyl (C=O) groups is 1. The molecule has 0 aromatic carbocycles. The number of ether oxygens (including phenoxy) is 1. The minimum absolute atomic E-state index is 0.241. The van der Waals surface area contributed by atoms with Crippen LogP contribution in [0.4, 0.5) is 0 Å². The van der Waals surface area contributed by atoms with Crippen LogP contribution < -0.4 is 0 Å². The van der Waals surface area contributed by atoms with Gasteiger partial charge in [0.1, 0.15) is 0 Å². The molecule has 0 radical (unpaired) electrons. The SMILES string of the molecule is COCCC(=O)N1CC[C@H]2[C@H]1CCN2Cc1cccc(C)n1. The van der Waals surface area contributed by atoms with Gasteiger partial charge in [0.15, 0.2) is 0 Å². The first-order valence-corrected chi connectivity index (χ1v) is 8.14. The molecule has 120 valence electrons. The van der Waals surface area contributed by atoms with Gasteiger partial charge in [0.05, 0.1) is 18.7 Å². The summed E-state index contributed by atoms with van der Waals surface area (Å²) in [6, 6.07) is 7.07. The van der Waals surface area contributed by atoms with E-state index in [1.165, 1.54) is 0 Å². The lowest BCUT2D eigenvalue weighted by Gasteiger charge is -2.25. The second-order valence-corrected chi connectivity index (χ2v) is 6.28. The van der Waals surface area contributed by atoms with E-state index in [4.69, 9.17) is 4.74 Å². The van der Waals surface area contributed by atoms with Crippen LogP contribution in [0.25, 0.3) is 0 Å². The standard InChI is InChI=1S/C17H25N3O2/c1-13-4-3-5-14(18-13)12-19-9-6-16-15(19)7-10-20(16)17(21)8-11-22-2/h3-5,15-16H,6-12H2,1-2H3/t15-,16+/m0/s1. The van der Waals surface area contributed by atoms with E-state index in [2.05, 4.69) is 26.9 Å². The van der Waals surface area contributed by atoms with Crippen molar-refractivity contribution in [2.75, 3.05) is 26.8 Å². The third-order valence-corrected chi connectivity index (χ3v) is 4.84. The molecule has 0 bridgehead atoms. The smallest absolute Gasteiger partial charge is 0.225 e. The number of methoxy groups -OCH3 is 1. The maximum absolute atomic E-state index is 12.3. The Morgan fingerprint density at radius 3 is 2.91 bits per heavy atom. The number of carbonyl (C=O) groups excluding carboxylic acids is 1. The van der Waals surface area contributed by atoms with Crippen LogP contribution >= 0.6 is 0 Å². The maximum Gasteiger partial charge on any atom is 0.225 e. The fourth-order valence-corrected chi connectivity index (χ4v) is 3.81. The predicted molar refractivity (Wildman–Crippen MR) is 84.4 cm³/mol. The van der Waals surface area contributed by atoms with Crippen LogP contribution in [-0.4, -0.2) is 59.6 Å². The first kappa shape index (κ1) is 15.4. The van der Waals surface area contributed by atoms with Crippen molar-refractivity contribution in [1.82, 2.24) is 14.8 Å². The van der Waals surface area contributed by atoms with Crippen molar-refractivity contribution in [2.24, 2.45) is 0 Å². The molecule has 0 aliphatic carbocycles. The predicted octanol–water partition coefficient (Wildman–Crippen LogP) is 1.60. The van der Waals surface area contributed by atoms with Gasteiger partial charge < -0.3 is 9.64 Å². The molecule has 3 rings (SSSR count). The largest absolute Gasteiger partial charge is 0.384 e. The van der Waals surface area contributed by atoms with Crippen LogP contribution in [0.3, 0.4) is 0 Å². The van der Waals surface area contributed by atoms with E-state index in [1.807, 2.05) is 13.0 Å². The molecule has 2 atom stereocenters. The van der Waals surface area contributed by atoms with Crippen molar-refractivity contribution in [2.45, 2.75) is 44.8 Å². The zero-order valence-electron chi connectivity index (χ0n) is 13.5. The highest BCUT2D eigenvalue weighted by Crippen LogP contribution is 2.32. The first-order valence-electron chi connectivity index (χ1n) is 8.14. The van der Waals surface area contributed by atoms with Gasteiger partial charge in [-0.1, -0.05) is 6.07 Å². The number of pyridine rings is 1. The molecule has 5 nitrogen and oxygen atoms in total. The van der Waals surface area contributed by atoms with Crippen LogP contribution in [0, 0.1) is 6.92 Å². The number of hydrogen-bond acceptors (Lipinski definition) is 4. The fourth-order valence-electron chi connectivity index (χ4n) is 3.81. The van der Waals surface area contributed by atoms with Crippen molar-refractivity contribution in [3.05, 3.63) is 29.6 Å². The van der Waals surface area contributed by atoms with E-state index >= 15 is 0 Å². The first-order chi connectivity index (χ1) is 10.7. The summed E-state index contributed by atoms with van der Waals surface area (Å²) in [6.07, 6.45) is 2.66. The summed E-state index contributed by atoms with van der Waals surface area (Å²) in [4.78, 5) is 21.5. The highest BCUT2D eigenvalue weighted by atomic mass is 16.5.